The van der Waals surface area contributed by atoms with E-state index in [1.807, 2.05) is 35.8 Å². The van der Waals surface area contributed by atoms with E-state index in [9.17, 15) is 14.9 Å². The largest absolute Gasteiger partial charge is 0.452 e. The SMILES string of the molecule is CCn1cc(C(=O)OCC(=O)N(C)C2(C#N)CCCCC2)c2ccccc21. The van der Waals surface area contributed by atoms with E-state index in [4.69, 9.17) is 4.74 Å². The van der Waals surface area contributed by atoms with Crippen LogP contribution in [0.1, 0.15) is 49.4 Å². The van der Waals surface area contributed by atoms with Crippen LogP contribution in [0.3, 0.4) is 0 Å². The number of ether oxygens (including phenoxy) is 1. The molecule has 3 rings (SSSR count). The van der Waals surface area contributed by atoms with Gasteiger partial charge in [0.2, 0.25) is 0 Å². The predicted octanol–water partition coefficient (Wildman–Crippen LogP) is 3.50. The highest BCUT2D eigenvalue weighted by atomic mass is 16.5. The van der Waals surface area contributed by atoms with E-state index in [1.165, 1.54) is 4.90 Å². The Morgan fingerprint density at radius 1 is 1.26 bits per heavy atom. The summed E-state index contributed by atoms with van der Waals surface area (Å²) in [6.07, 6.45) is 6.05. The van der Waals surface area contributed by atoms with Gasteiger partial charge in [-0.05, 0) is 25.8 Å². The van der Waals surface area contributed by atoms with Crippen LogP contribution in [-0.4, -0.2) is 40.5 Å². The normalized spacial score (nSPS) is 15.9. The lowest BCUT2D eigenvalue weighted by molar-refractivity contribution is -0.138. The van der Waals surface area contributed by atoms with Gasteiger partial charge < -0.3 is 14.2 Å². The van der Waals surface area contributed by atoms with Crippen molar-refractivity contribution in [2.75, 3.05) is 13.7 Å². The second-order valence-electron chi connectivity index (χ2n) is 7.08. The molecule has 0 unspecified atom stereocenters. The maximum absolute atomic E-state index is 12.6. The molecule has 1 aromatic carbocycles. The molecule has 0 saturated heterocycles. The Morgan fingerprint density at radius 3 is 2.63 bits per heavy atom. The lowest BCUT2D eigenvalue weighted by Gasteiger charge is -2.38. The minimum Gasteiger partial charge on any atom is -0.452 e. The summed E-state index contributed by atoms with van der Waals surface area (Å²) < 4.78 is 7.28. The molecule has 0 aliphatic heterocycles. The molecule has 0 N–H and O–H groups in total. The Balaban J connectivity index is 1.71. The number of nitriles is 1. The third-order valence-corrected chi connectivity index (χ3v) is 5.58. The molecule has 1 amide bonds. The van der Waals surface area contributed by atoms with E-state index in [-0.39, 0.29) is 12.5 Å². The number of aryl methyl sites for hydroxylation is 1. The number of rotatable bonds is 5. The number of carbonyl (C=O) groups excluding carboxylic acids is 2. The Hall–Kier alpha value is -2.81. The van der Waals surface area contributed by atoms with Crippen molar-refractivity contribution >= 4 is 22.8 Å². The maximum Gasteiger partial charge on any atom is 0.340 e. The molecule has 2 aromatic rings. The second kappa shape index (κ2) is 7.83. The molecule has 1 aliphatic rings. The van der Waals surface area contributed by atoms with Crippen LogP contribution in [0.5, 0.6) is 0 Å². The maximum atomic E-state index is 12.6. The number of carbonyl (C=O) groups is 2. The van der Waals surface area contributed by atoms with Gasteiger partial charge in [0.25, 0.3) is 5.91 Å². The predicted molar refractivity (Wildman–Crippen MR) is 102 cm³/mol. The first kappa shape index (κ1) is 19.0. The average molecular weight is 367 g/mol. The van der Waals surface area contributed by atoms with Gasteiger partial charge in [-0.1, -0.05) is 37.5 Å². The summed E-state index contributed by atoms with van der Waals surface area (Å²) in [5.41, 5.74) is 0.636. The molecule has 142 valence electrons. The number of hydrogen-bond donors (Lipinski definition) is 0. The van der Waals surface area contributed by atoms with Crippen LogP contribution in [-0.2, 0) is 16.1 Å². The van der Waals surface area contributed by atoms with Gasteiger partial charge in [0.1, 0.15) is 5.54 Å². The van der Waals surface area contributed by atoms with Gasteiger partial charge >= 0.3 is 5.97 Å². The molecule has 0 atom stereocenters. The first-order chi connectivity index (χ1) is 13.0. The molecule has 6 nitrogen and oxygen atoms in total. The van der Waals surface area contributed by atoms with E-state index in [0.29, 0.717) is 18.4 Å². The molecule has 1 aliphatic carbocycles. The van der Waals surface area contributed by atoms with E-state index < -0.39 is 11.5 Å². The molecule has 1 heterocycles. The quantitative estimate of drug-likeness (QED) is 0.758. The van der Waals surface area contributed by atoms with Crippen LogP contribution < -0.4 is 0 Å². The molecule has 1 fully saturated rings. The number of likely N-dealkylation sites (N-methyl/N-ethyl adjacent to an activating group) is 1. The fourth-order valence-electron chi connectivity index (χ4n) is 3.87. The van der Waals surface area contributed by atoms with Gasteiger partial charge in [-0.15, -0.1) is 0 Å². The van der Waals surface area contributed by atoms with Crippen LogP contribution in [0.4, 0.5) is 0 Å². The van der Waals surface area contributed by atoms with Gasteiger partial charge in [0.15, 0.2) is 6.61 Å². The zero-order chi connectivity index (χ0) is 19.4. The van der Waals surface area contributed by atoms with E-state index >= 15 is 0 Å². The highest BCUT2D eigenvalue weighted by Crippen LogP contribution is 2.32. The number of esters is 1. The summed E-state index contributed by atoms with van der Waals surface area (Å²) in [4.78, 5) is 26.6. The standard InChI is InChI=1S/C21H25N3O3/c1-3-24-13-17(16-9-5-6-10-18(16)24)20(26)27-14-19(25)23(2)21(15-22)11-7-4-8-12-21/h5-6,9-10,13H,3-4,7-8,11-12,14H2,1-2H3. The fourth-order valence-corrected chi connectivity index (χ4v) is 3.87. The smallest absolute Gasteiger partial charge is 0.340 e. The Kier molecular flexibility index (Phi) is 5.50. The number of amides is 1. The van der Waals surface area contributed by atoms with Gasteiger partial charge in [-0.3, -0.25) is 4.79 Å². The third kappa shape index (κ3) is 3.55. The summed E-state index contributed by atoms with van der Waals surface area (Å²) in [6, 6.07) is 9.94. The van der Waals surface area contributed by atoms with Crippen molar-refractivity contribution < 1.29 is 14.3 Å². The molecule has 0 radical (unpaired) electrons. The third-order valence-electron chi connectivity index (χ3n) is 5.58. The molecule has 6 heteroatoms. The van der Waals surface area contributed by atoms with Crippen LogP contribution in [0, 0.1) is 11.3 Å². The van der Waals surface area contributed by atoms with E-state index in [2.05, 4.69) is 6.07 Å². The molecule has 0 bridgehead atoms. The summed E-state index contributed by atoms with van der Waals surface area (Å²) in [7, 11) is 1.63. The molecule has 27 heavy (non-hydrogen) atoms. The van der Waals surface area contributed by atoms with E-state index in [0.717, 1.165) is 36.7 Å². The van der Waals surface area contributed by atoms with Gasteiger partial charge in [-0.2, -0.15) is 5.26 Å². The number of nitrogens with zero attached hydrogens (tertiary/aromatic N) is 3. The molecule has 1 aromatic heterocycles. The highest BCUT2D eigenvalue weighted by Gasteiger charge is 2.39. The fraction of sp³-hybridized carbons (Fsp3) is 0.476. The number of benzene rings is 1. The van der Waals surface area contributed by atoms with Crippen molar-refractivity contribution in [1.29, 1.82) is 5.26 Å². The molecular formula is C21H25N3O3. The summed E-state index contributed by atoms with van der Waals surface area (Å²) >= 11 is 0. The molecular weight excluding hydrogens is 342 g/mol. The lowest BCUT2D eigenvalue weighted by Crippen LogP contribution is -2.51. The number of fused-ring (bicyclic) bond motifs is 1. The monoisotopic (exact) mass is 367 g/mol. The first-order valence-corrected chi connectivity index (χ1v) is 9.45. The Morgan fingerprint density at radius 2 is 1.96 bits per heavy atom. The van der Waals surface area contributed by atoms with Crippen LogP contribution in [0.2, 0.25) is 0 Å². The average Bonchev–Trinajstić information content (AvgIpc) is 3.10. The zero-order valence-electron chi connectivity index (χ0n) is 15.9. The number of para-hydroxylation sites is 1. The minimum atomic E-state index is -0.778. The van der Waals surface area contributed by atoms with Crippen LogP contribution in [0.15, 0.2) is 30.5 Å². The van der Waals surface area contributed by atoms with Crippen molar-refractivity contribution in [2.24, 2.45) is 0 Å². The van der Waals surface area contributed by atoms with Gasteiger partial charge in [-0.25, -0.2) is 4.79 Å². The van der Waals surface area contributed by atoms with Crippen molar-refractivity contribution in [3.8, 4) is 6.07 Å². The highest BCUT2D eigenvalue weighted by molar-refractivity contribution is 6.04. The summed E-state index contributed by atoms with van der Waals surface area (Å²) in [5, 5.41) is 10.4. The number of aromatic nitrogens is 1. The molecule has 0 spiro atoms. The van der Waals surface area contributed by atoms with Gasteiger partial charge in [0, 0.05) is 30.7 Å². The van der Waals surface area contributed by atoms with Crippen molar-refractivity contribution in [3.63, 3.8) is 0 Å². The lowest BCUT2D eigenvalue weighted by atomic mass is 9.81. The molecule has 1 saturated carbocycles. The topological polar surface area (TPSA) is 75.3 Å². The van der Waals surface area contributed by atoms with Gasteiger partial charge in [0.05, 0.1) is 11.6 Å². The summed E-state index contributed by atoms with van der Waals surface area (Å²) in [5.74, 6) is -0.860. The second-order valence-corrected chi connectivity index (χ2v) is 7.08. The Labute approximate surface area is 159 Å². The zero-order valence-corrected chi connectivity index (χ0v) is 15.9. The van der Waals surface area contributed by atoms with Crippen molar-refractivity contribution in [2.45, 2.75) is 51.1 Å². The minimum absolute atomic E-state index is 0.342. The number of hydrogen-bond acceptors (Lipinski definition) is 4. The van der Waals surface area contributed by atoms with E-state index in [1.54, 1.807) is 13.2 Å². The summed E-state index contributed by atoms with van der Waals surface area (Å²) in [6.45, 7) is 2.39. The first-order valence-electron chi connectivity index (χ1n) is 9.45. The van der Waals surface area contributed by atoms with Crippen LogP contribution in [0.25, 0.3) is 10.9 Å². The van der Waals surface area contributed by atoms with Crippen molar-refractivity contribution in [1.82, 2.24) is 9.47 Å². The van der Waals surface area contributed by atoms with Crippen molar-refractivity contribution in [3.05, 3.63) is 36.0 Å². The Bertz CT molecular complexity index is 888. The van der Waals surface area contributed by atoms with Crippen LogP contribution >= 0.6 is 0 Å².